The molecule has 0 amide bonds. The van der Waals surface area contributed by atoms with E-state index in [0.29, 0.717) is 11.8 Å². The minimum Gasteiger partial charge on any atom is -0.210 e. The number of hydrogen-bond acceptors (Lipinski definition) is 2. The van der Waals surface area contributed by atoms with E-state index in [1.165, 1.54) is 0 Å². The lowest BCUT2D eigenvalue weighted by atomic mass is 10.5. The maximum Gasteiger partial charge on any atom is 0.350 e. The Morgan fingerprint density at radius 1 is 1.45 bits per heavy atom. The summed E-state index contributed by atoms with van der Waals surface area (Å²) in [5, 5.41) is 0.582. The van der Waals surface area contributed by atoms with Gasteiger partial charge in [-0.25, -0.2) is 13.1 Å². The second-order valence-corrected chi connectivity index (χ2v) is 4.27. The van der Waals surface area contributed by atoms with Crippen molar-refractivity contribution in [3.8, 4) is 0 Å². The van der Waals surface area contributed by atoms with Crippen molar-refractivity contribution in [2.24, 2.45) is 0 Å². The summed E-state index contributed by atoms with van der Waals surface area (Å²) in [5.74, 6) is -3.34. The summed E-state index contributed by atoms with van der Waals surface area (Å²) in [7, 11) is -4.37. The predicted molar refractivity (Wildman–Crippen MR) is 41.3 cm³/mol. The lowest BCUT2D eigenvalue weighted by molar-refractivity contribution is 0.232. The van der Waals surface area contributed by atoms with Gasteiger partial charge in [0.05, 0.1) is 0 Å². The van der Waals surface area contributed by atoms with Gasteiger partial charge < -0.3 is 0 Å². The Balaban J connectivity index is 3.75. The molecule has 0 aromatic carbocycles. The van der Waals surface area contributed by atoms with Gasteiger partial charge in [0.15, 0.2) is 0 Å². The monoisotopic (exact) mass is 251 g/mol. The molecule has 0 saturated carbocycles. The van der Waals surface area contributed by atoms with Gasteiger partial charge in [-0.1, -0.05) is 15.9 Å². The van der Waals surface area contributed by atoms with Crippen LogP contribution in [0.4, 0.5) is 8.78 Å². The molecule has 0 aliphatic carbocycles. The van der Waals surface area contributed by atoms with Crippen molar-refractivity contribution in [3.05, 3.63) is 0 Å². The van der Waals surface area contributed by atoms with Gasteiger partial charge in [0.2, 0.25) is 0 Å². The number of rotatable bonds is 5. The highest BCUT2D eigenvalue weighted by atomic mass is 79.9. The molecule has 0 radical (unpaired) electrons. The Bertz CT molecular complexity index is 194. The van der Waals surface area contributed by atoms with Crippen molar-refractivity contribution in [1.29, 1.82) is 0 Å². The van der Waals surface area contributed by atoms with Crippen molar-refractivity contribution in [2.45, 2.75) is 12.2 Å². The Morgan fingerprint density at radius 3 is 2.36 bits per heavy atom. The summed E-state index contributed by atoms with van der Waals surface area (Å²) in [4.78, 5) is 0. The molecule has 3 nitrogen and oxygen atoms in total. The zero-order valence-corrected chi connectivity index (χ0v) is 7.96. The summed E-state index contributed by atoms with van der Waals surface area (Å²) in [5.41, 5.74) is 0. The molecule has 68 valence electrons. The first kappa shape index (κ1) is 11.2. The molecule has 0 rings (SSSR count). The zero-order chi connectivity index (χ0) is 8.91. The smallest absolute Gasteiger partial charge is 0.210 e. The number of nitrogens with one attached hydrogen (secondary N) is 1. The molecule has 0 aliphatic heterocycles. The zero-order valence-electron chi connectivity index (χ0n) is 5.56. The second kappa shape index (κ2) is 5.00. The van der Waals surface area contributed by atoms with E-state index in [4.69, 9.17) is 0 Å². The maximum absolute atomic E-state index is 11.6. The number of sulfonamides is 1. The molecule has 0 fully saturated rings. The van der Waals surface area contributed by atoms with Gasteiger partial charge in [-0.15, -0.1) is 0 Å². The van der Waals surface area contributed by atoms with Crippen molar-refractivity contribution < 1.29 is 17.2 Å². The van der Waals surface area contributed by atoms with E-state index < -0.39 is 15.8 Å². The largest absolute Gasteiger partial charge is 0.350 e. The van der Waals surface area contributed by atoms with Crippen molar-refractivity contribution in [1.82, 2.24) is 4.72 Å². The first-order chi connectivity index (χ1) is 5.00. The van der Waals surface area contributed by atoms with Crippen LogP contribution in [0.2, 0.25) is 0 Å². The Hall–Kier alpha value is 0.250. The fourth-order valence-electron chi connectivity index (χ4n) is 0.344. The molecule has 0 spiro atoms. The summed E-state index contributed by atoms with van der Waals surface area (Å²) >= 11 is 3.03. The summed E-state index contributed by atoms with van der Waals surface area (Å²) in [6.45, 7) is 0.0396. The molecule has 1 N–H and O–H groups in total. The van der Waals surface area contributed by atoms with Gasteiger partial charge >= 0.3 is 5.76 Å². The Labute approximate surface area is 72.3 Å². The maximum atomic E-state index is 11.6. The van der Waals surface area contributed by atoms with Crippen LogP contribution in [0.15, 0.2) is 0 Å². The fraction of sp³-hybridized carbons (Fsp3) is 1.00. The number of alkyl halides is 3. The quantitative estimate of drug-likeness (QED) is 0.584. The van der Waals surface area contributed by atoms with Crippen LogP contribution in [-0.4, -0.2) is 26.1 Å². The summed E-state index contributed by atoms with van der Waals surface area (Å²) in [6.07, 6.45) is 0.492. The molecule has 11 heavy (non-hydrogen) atoms. The topological polar surface area (TPSA) is 46.2 Å². The van der Waals surface area contributed by atoms with E-state index in [0.717, 1.165) is 0 Å². The molecule has 0 unspecified atom stereocenters. The van der Waals surface area contributed by atoms with Gasteiger partial charge in [0.1, 0.15) is 0 Å². The molecule has 0 atom stereocenters. The van der Waals surface area contributed by atoms with Gasteiger partial charge in [-0.05, 0) is 6.42 Å². The van der Waals surface area contributed by atoms with Gasteiger partial charge in [0.25, 0.3) is 10.0 Å². The molecule has 0 saturated heterocycles. The van der Waals surface area contributed by atoms with Crippen molar-refractivity contribution in [3.63, 3.8) is 0 Å². The van der Waals surface area contributed by atoms with E-state index in [1.807, 2.05) is 0 Å². The van der Waals surface area contributed by atoms with Gasteiger partial charge in [0, 0.05) is 11.9 Å². The fourth-order valence-corrected chi connectivity index (χ4v) is 1.18. The van der Waals surface area contributed by atoms with Crippen LogP contribution in [0, 0.1) is 0 Å². The molecular formula is C4H8BrF2NO2S. The normalized spacial score (nSPS) is 12.4. The average molecular weight is 252 g/mol. The van der Waals surface area contributed by atoms with Crippen LogP contribution in [0.3, 0.4) is 0 Å². The lowest BCUT2D eigenvalue weighted by Gasteiger charge is -2.02. The molecule has 7 heteroatoms. The lowest BCUT2D eigenvalue weighted by Crippen LogP contribution is -2.30. The highest BCUT2D eigenvalue weighted by Crippen LogP contribution is 2.01. The minimum atomic E-state index is -4.37. The third kappa shape index (κ3) is 4.65. The number of hydrogen-bond donors (Lipinski definition) is 1. The van der Waals surface area contributed by atoms with Crippen LogP contribution >= 0.6 is 15.9 Å². The molecule has 0 heterocycles. The molecule has 0 aliphatic rings. The second-order valence-electron chi connectivity index (χ2n) is 1.74. The highest BCUT2D eigenvalue weighted by Gasteiger charge is 2.22. The third-order valence-corrected chi connectivity index (χ3v) is 2.48. The van der Waals surface area contributed by atoms with Crippen LogP contribution in [0.1, 0.15) is 6.42 Å². The third-order valence-electron chi connectivity index (χ3n) is 0.848. The van der Waals surface area contributed by atoms with Crippen LogP contribution in [-0.2, 0) is 10.0 Å². The minimum absolute atomic E-state index is 0.0396. The van der Waals surface area contributed by atoms with Crippen LogP contribution in [0.5, 0.6) is 0 Å². The van der Waals surface area contributed by atoms with E-state index in [9.17, 15) is 17.2 Å². The number of halogens is 3. The Morgan fingerprint density at radius 2 is 2.00 bits per heavy atom. The summed E-state index contributed by atoms with van der Waals surface area (Å²) < 4.78 is 45.6. The van der Waals surface area contributed by atoms with E-state index in [2.05, 4.69) is 15.9 Å². The Kier molecular flexibility index (Phi) is 5.11. The first-order valence-electron chi connectivity index (χ1n) is 2.83. The first-order valence-corrected chi connectivity index (χ1v) is 5.50. The standard InChI is InChI=1S/C4H8BrF2NO2S/c5-2-1-3-8-11(9,10)4(6)7/h4,8H,1-3H2. The van der Waals surface area contributed by atoms with E-state index in [1.54, 1.807) is 4.72 Å². The highest BCUT2D eigenvalue weighted by molar-refractivity contribution is 9.09. The molecular weight excluding hydrogens is 244 g/mol. The van der Waals surface area contributed by atoms with E-state index >= 15 is 0 Å². The average Bonchev–Trinajstić information content (AvgIpc) is 1.88. The van der Waals surface area contributed by atoms with Crippen LogP contribution in [0.25, 0.3) is 0 Å². The van der Waals surface area contributed by atoms with Gasteiger partial charge in [-0.3, -0.25) is 0 Å². The summed E-state index contributed by atoms with van der Waals surface area (Å²) in [6, 6.07) is 0. The molecule has 0 aromatic heterocycles. The molecule has 0 bridgehead atoms. The SMILES string of the molecule is O=S(=O)(NCCCBr)C(F)F. The van der Waals surface area contributed by atoms with Crippen molar-refractivity contribution in [2.75, 3.05) is 11.9 Å². The van der Waals surface area contributed by atoms with E-state index in [-0.39, 0.29) is 6.54 Å². The predicted octanol–water partition coefficient (Wildman–Crippen LogP) is 0.913. The van der Waals surface area contributed by atoms with Gasteiger partial charge in [-0.2, -0.15) is 8.78 Å². The molecule has 0 aromatic rings. The van der Waals surface area contributed by atoms with Crippen LogP contribution < -0.4 is 4.72 Å². The van der Waals surface area contributed by atoms with Crippen molar-refractivity contribution >= 4 is 26.0 Å².